The average molecular weight is 304 g/mol. The Bertz CT molecular complexity index is 660. The van der Waals surface area contributed by atoms with Crippen molar-refractivity contribution in [3.05, 3.63) is 66.0 Å². The molecule has 0 heterocycles. The highest BCUT2D eigenvalue weighted by molar-refractivity contribution is 5.99. The van der Waals surface area contributed by atoms with E-state index in [9.17, 15) is 18.4 Å². The Morgan fingerprint density at radius 3 is 2.18 bits per heavy atom. The molecular formula is C16H14F2N2O2. The monoisotopic (exact) mass is 304 g/mol. The van der Waals surface area contributed by atoms with E-state index in [1.165, 1.54) is 31.2 Å². The molecule has 1 N–H and O–H groups in total. The fourth-order valence-electron chi connectivity index (χ4n) is 1.87. The summed E-state index contributed by atoms with van der Waals surface area (Å²) < 4.78 is 27.3. The quantitative estimate of drug-likeness (QED) is 0.886. The van der Waals surface area contributed by atoms with Crippen molar-refractivity contribution in [3.8, 4) is 0 Å². The van der Waals surface area contributed by atoms with Gasteiger partial charge in [0.05, 0.1) is 5.69 Å². The Morgan fingerprint density at radius 1 is 1.05 bits per heavy atom. The van der Waals surface area contributed by atoms with Gasteiger partial charge < -0.3 is 0 Å². The van der Waals surface area contributed by atoms with E-state index in [2.05, 4.69) is 5.43 Å². The summed E-state index contributed by atoms with van der Waals surface area (Å²) in [6.45, 7) is 1.19. The highest BCUT2D eigenvalue weighted by Crippen LogP contribution is 2.23. The maximum atomic E-state index is 14.4. The Kier molecular flexibility index (Phi) is 4.83. The van der Waals surface area contributed by atoms with Crippen molar-refractivity contribution < 1.29 is 18.4 Å². The van der Waals surface area contributed by atoms with Crippen LogP contribution in [0.5, 0.6) is 0 Å². The Morgan fingerprint density at radius 2 is 1.64 bits per heavy atom. The number of halogens is 2. The molecule has 0 aliphatic carbocycles. The van der Waals surface area contributed by atoms with Crippen molar-refractivity contribution in [2.24, 2.45) is 0 Å². The second-order valence-electron chi connectivity index (χ2n) is 4.59. The van der Waals surface area contributed by atoms with Gasteiger partial charge >= 0.3 is 0 Å². The lowest BCUT2D eigenvalue weighted by Crippen LogP contribution is -2.47. The maximum Gasteiger partial charge on any atom is 0.284 e. The molecule has 0 saturated heterocycles. The lowest BCUT2D eigenvalue weighted by Gasteiger charge is -2.24. The van der Waals surface area contributed by atoms with Gasteiger partial charge in [0.15, 0.2) is 0 Å². The smallest absolute Gasteiger partial charge is 0.274 e. The second kappa shape index (κ2) is 6.80. The molecule has 22 heavy (non-hydrogen) atoms. The number of amides is 2. The van der Waals surface area contributed by atoms with Crippen LogP contribution in [0.15, 0.2) is 54.6 Å². The third kappa shape index (κ3) is 3.66. The van der Waals surface area contributed by atoms with E-state index in [4.69, 9.17) is 0 Å². The summed E-state index contributed by atoms with van der Waals surface area (Å²) in [4.78, 5) is 23.6. The van der Waals surface area contributed by atoms with E-state index in [0.29, 0.717) is 0 Å². The second-order valence-corrected chi connectivity index (χ2v) is 4.59. The minimum absolute atomic E-state index is 0.167. The fourth-order valence-corrected chi connectivity index (χ4v) is 1.87. The van der Waals surface area contributed by atoms with Crippen LogP contribution in [-0.4, -0.2) is 11.8 Å². The molecule has 1 atom stereocenters. The van der Waals surface area contributed by atoms with Crippen LogP contribution in [0, 0.1) is 5.82 Å². The summed E-state index contributed by atoms with van der Waals surface area (Å²) in [5, 5.41) is 0.777. The van der Waals surface area contributed by atoms with Crippen molar-refractivity contribution in [2.75, 3.05) is 5.01 Å². The van der Waals surface area contributed by atoms with Crippen LogP contribution >= 0.6 is 0 Å². The summed E-state index contributed by atoms with van der Waals surface area (Å²) in [6, 6.07) is 12.7. The van der Waals surface area contributed by atoms with Crippen molar-refractivity contribution in [3.63, 3.8) is 0 Å². The molecule has 0 fully saturated rings. The van der Waals surface area contributed by atoms with Crippen LogP contribution < -0.4 is 10.4 Å². The van der Waals surface area contributed by atoms with Crippen LogP contribution in [0.3, 0.4) is 0 Å². The summed E-state index contributed by atoms with van der Waals surface area (Å²) >= 11 is 0. The zero-order valence-electron chi connectivity index (χ0n) is 11.8. The van der Waals surface area contributed by atoms with Gasteiger partial charge in [0.25, 0.3) is 5.91 Å². The number of hydrogen-bond donors (Lipinski definition) is 1. The highest BCUT2D eigenvalue weighted by atomic mass is 19.1. The highest BCUT2D eigenvalue weighted by Gasteiger charge is 2.27. The van der Waals surface area contributed by atoms with Crippen LogP contribution in [0.2, 0.25) is 0 Å². The molecule has 2 aromatic rings. The lowest BCUT2D eigenvalue weighted by molar-refractivity contribution is -0.128. The van der Waals surface area contributed by atoms with Crippen LogP contribution in [0.25, 0.3) is 0 Å². The molecule has 2 rings (SSSR count). The first kappa shape index (κ1) is 15.6. The van der Waals surface area contributed by atoms with Gasteiger partial charge in [0.1, 0.15) is 5.82 Å². The summed E-state index contributed by atoms with van der Waals surface area (Å²) in [5.41, 5.74) is 2.59. The van der Waals surface area contributed by atoms with Gasteiger partial charge in [0.2, 0.25) is 12.1 Å². The molecule has 2 aromatic carbocycles. The first-order valence-electron chi connectivity index (χ1n) is 6.55. The van der Waals surface area contributed by atoms with E-state index < -0.39 is 23.8 Å². The molecule has 114 valence electrons. The van der Waals surface area contributed by atoms with E-state index in [1.54, 1.807) is 18.2 Å². The van der Waals surface area contributed by atoms with Crippen molar-refractivity contribution in [1.29, 1.82) is 0 Å². The topological polar surface area (TPSA) is 49.4 Å². The van der Waals surface area contributed by atoms with E-state index >= 15 is 0 Å². The van der Waals surface area contributed by atoms with Gasteiger partial charge in [-0.25, -0.2) is 13.8 Å². The number of benzene rings is 2. The maximum absolute atomic E-state index is 14.4. The molecule has 6 heteroatoms. The molecular weight excluding hydrogens is 290 g/mol. The standard InChI is InChI=1S/C16H14F2N2O2/c1-11(21)19-20(14-9-7-13(17)8-10-14)16(22)15(18)12-5-3-2-4-6-12/h2-10,15H,1H3,(H,19,21). The van der Waals surface area contributed by atoms with Crippen molar-refractivity contribution in [2.45, 2.75) is 13.1 Å². The summed E-state index contributed by atoms with van der Waals surface area (Å²) in [7, 11) is 0. The van der Waals surface area contributed by atoms with E-state index in [1.807, 2.05) is 0 Å². The third-order valence-electron chi connectivity index (χ3n) is 2.88. The Balaban J connectivity index is 2.30. The first-order chi connectivity index (χ1) is 10.5. The predicted molar refractivity (Wildman–Crippen MR) is 78.0 cm³/mol. The van der Waals surface area contributed by atoms with Crippen LogP contribution in [-0.2, 0) is 9.59 Å². The molecule has 4 nitrogen and oxygen atoms in total. The number of rotatable bonds is 3. The van der Waals surface area contributed by atoms with Crippen LogP contribution in [0.4, 0.5) is 14.5 Å². The Hall–Kier alpha value is -2.76. The SMILES string of the molecule is CC(=O)NN(C(=O)C(F)c1ccccc1)c1ccc(F)cc1. The molecule has 0 aliphatic heterocycles. The lowest BCUT2D eigenvalue weighted by atomic mass is 10.1. The van der Waals surface area contributed by atoms with Gasteiger partial charge in [-0.05, 0) is 29.8 Å². The van der Waals surface area contributed by atoms with Gasteiger partial charge in [-0.1, -0.05) is 30.3 Å². The molecule has 0 aliphatic rings. The van der Waals surface area contributed by atoms with Gasteiger partial charge in [0, 0.05) is 6.92 Å². The van der Waals surface area contributed by atoms with E-state index in [0.717, 1.165) is 17.1 Å². The number of hydrogen-bond acceptors (Lipinski definition) is 2. The number of carbonyl (C=O) groups excluding carboxylic acids is 2. The first-order valence-corrected chi connectivity index (χ1v) is 6.55. The summed E-state index contributed by atoms with van der Waals surface area (Å²) in [5.74, 6) is -2.01. The molecule has 0 saturated carbocycles. The molecule has 0 radical (unpaired) electrons. The number of anilines is 1. The molecule has 0 aromatic heterocycles. The Labute approximate surface area is 126 Å². The van der Waals surface area contributed by atoms with E-state index in [-0.39, 0.29) is 11.3 Å². The largest absolute Gasteiger partial charge is 0.284 e. The molecule has 0 bridgehead atoms. The molecule has 0 spiro atoms. The predicted octanol–water partition coefficient (Wildman–Crippen LogP) is 2.92. The fraction of sp³-hybridized carbons (Fsp3) is 0.125. The number of nitrogens with one attached hydrogen (secondary N) is 1. The number of hydrazine groups is 1. The van der Waals surface area contributed by atoms with Gasteiger partial charge in [-0.15, -0.1) is 0 Å². The minimum Gasteiger partial charge on any atom is -0.274 e. The van der Waals surface area contributed by atoms with Crippen LogP contribution in [0.1, 0.15) is 18.7 Å². The third-order valence-corrected chi connectivity index (χ3v) is 2.88. The zero-order valence-corrected chi connectivity index (χ0v) is 11.8. The minimum atomic E-state index is -1.95. The van der Waals surface area contributed by atoms with Gasteiger partial charge in [-0.3, -0.25) is 15.0 Å². The number of nitrogens with zero attached hydrogens (tertiary/aromatic N) is 1. The molecule has 1 unspecified atom stereocenters. The summed E-state index contributed by atoms with van der Waals surface area (Å²) in [6.07, 6.45) is -1.95. The molecule has 2 amide bonds. The van der Waals surface area contributed by atoms with Crippen molar-refractivity contribution >= 4 is 17.5 Å². The zero-order chi connectivity index (χ0) is 16.1. The number of alkyl halides is 1. The number of carbonyl (C=O) groups is 2. The van der Waals surface area contributed by atoms with Gasteiger partial charge in [-0.2, -0.15) is 0 Å². The normalized spacial score (nSPS) is 11.6. The average Bonchev–Trinajstić information content (AvgIpc) is 2.53. The van der Waals surface area contributed by atoms with Crippen molar-refractivity contribution in [1.82, 2.24) is 5.43 Å².